The Morgan fingerprint density at radius 2 is 1.76 bits per heavy atom. The van der Waals surface area contributed by atoms with Crippen LogP contribution in [0, 0.1) is 6.07 Å². The van der Waals surface area contributed by atoms with E-state index in [-0.39, 0.29) is 5.41 Å². The molecule has 0 aliphatic carbocycles. The normalized spacial score (nSPS) is 12.0. The molecule has 1 radical (unpaired) electrons. The van der Waals surface area contributed by atoms with Gasteiger partial charge in [0.15, 0.2) is 0 Å². The second kappa shape index (κ2) is 5.05. The SMILES string of the molecule is CC(C)(C)c1cc(-c2cc[c]cc2)cc2cc(CN)oc12. The van der Waals surface area contributed by atoms with Gasteiger partial charge in [-0.3, -0.25) is 0 Å². The number of fused-ring (bicyclic) bond motifs is 1. The summed E-state index contributed by atoms with van der Waals surface area (Å²) in [5.41, 5.74) is 10.3. The van der Waals surface area contributed by atoms with E-state index in [1.54, 1.807) is 0 Å². The molecule has 107 valence electrons. The number of hydrogen-bond donors (Lipinski definition) is 1. The molecule has 1 heterocycles. The van der Waals surface area contributed by atoms with Crippen LogP contribution in [-0.2, 0) is 12.0 Å². The van der Waals surface area contributed by atoms with Crippen LogP contribution in [0.4, 0.5) is 0 Å². The predicted octanol–water partition coefficient (Wildman–Crippen LogP) is 4.66. The van der Waals surface area contributed by atoms with Crippen molar-refractivity contribution in [1.29, 1.82) is 0 Å². The lowest BCUT2D eigenvalue weighted by atomic mass is 9.84. The summed E-state index contributed by atoms with van der Waals surface area (Å²) in [6, 6.07) is 17.5. The fraction of sp³-hybridized carbons (Fsp3) is 0.263. The molecule has 0 amide bonds. The smallest absolute Gasteiger partial charge is 0.138 e. The third-order valence-corrected chi connectivity index (χ3v) is 3.73. The van der Waals surface area contributed by atoms with Crippen LogP contribution in [-0.4, -0.2) is 0 Å². The Morgan fingerprint density at radius 1 is 1.05 bits per heavy atom. The first-order valence-corrected chi connectivity index (χ1v) is 7.22. The average Bonchev–Trinajstić information content (AvgIpc) is 2.89. The van der Waals surface area contributed by atoms with Crippen molar-refractivity contribution in [2.45, 2.75) is 32.7 Å². The standard InChI is InChI=1S/C19H20NO/c1-19(2,3)17-11-14(13-7-5-4-6-8-13)9-15-10-16(12-20)21-18(15)17/h5-11H,12,20H2,1-3H3. The monoisotopic (exact) mass is 278 g/mol. The van der Waals surface area contributed by atoms with Crippen LogP contribution in [0.15, 0.2) is 46.9 Å². The molecule has 0 spiro atoms. The van der Waals surface area contributed by atoms with Gasteiger partial charge in [-0.2, -0.15) is 0 Å². The summed E-state index contributed by atoms with van der Waals surface area (Å²) in [5, 5.41) is 1.12. The molecule has 0 bridgehead atoms. The lowest BCUT2D eigenvalue weighted by Crippen LogP contribution is -2.11. The number of rotatable bonds is 2. The zero-order chi connectivity index (χ0) is 15.0. The van der Waals surface area contributed by atoms with Gasteiger partial charge in [-0.25, -0.2) is 0 Å². The van der Waals surface area contributed by atoms with Crippen molar-refractivity contribution in [3.63, 3.8) is 0 Å². The Bertz CT molecular complexity index is 763. The number of benzene rings is 2. The van der Waals surface area contributed by atoms with Gasteiger partial charge in [0.2, 0.25) is 0 Å². The van der Waals surface area contributed by atoms with Gasteiger partial charge in [0.05, 0.1) is 6.54 Å². The molecule has 3 aromatic rings. The lowest BCUT2D eigenvalue weighted by Gasteiger charge is -2.20. The molecule has 2 aromatic carbocycles. The van der Waals surface area contributed by atoms with Gasteiger partial charge < -0.3 is 10.2 Å². The molecule has 3 rings (SSSR count). The van der Waals surface area contributed by atoms with Crippen LogP contribution < -0.4 is 5.73 Å². The zero-order valence-electron chi connectivity index (χ0n) is 12.7. The van der Waals surface area contributed by atoms with E-state index in [9.17, 15) is 0 Å². The van der Waals surface area contributed by atoms with Crippen molar-refractivity contribution in [2.24, 2.45) is 5.73 Å². The fourth-order valence-corrected chi connectivity index (χ4v) is 2.61. The average molecular weight is 278 g/mol. The summed E-state index contributed by atoms with van der Waals surface area (Å²) < 4.78 is 5.93. The Hall–Kier alpha value is -2.06. The summed E-state index contributed by atoms with van der Waals surface area (Å²) in [5.74, 6) is 0.828. The van der Waals surface area contributed by atoms with E-state index in [4.69, 9.17) is 10.2 Å². The number of nitrogens with two attached hydrogens (primary N) is 1. The van der Waals surface area contributed by atoms with Crippen LogP contribution >= 0.6 is 0 Å². The highest BCUT2D eigenvalue weighted by atomic mass is 16.3. The molecule has 0 saturated heterocycles. The summed E-state index contributed by atoms with van der Waals surface area (Å²) in [4.78, 5) is 0. The van der Waals surface area contributed by atoms with Crippen LogP contribution in [0.3, 0.4) is 0 Å². The van der Waals surface area contributed by atoms with Crippen LogP contribution in [0.25, 0.3) is 22.1 Å². The first-order chi connectivity index (χ1) is 9.99. The maximum Gasteiger partial charge on any atom is 0.138 e. The van der Waals surface area contributed by atoms with Gasteiger partial charge in [0.25, 0.3) is 0 Å². The summed E-state index contributed by atoms with van der Waals surface area (Å²) in [6.07, 6.45) is 0. The molecule has 0 atom stereocenters. The predicted molar refractivity (Wildman–Crippen MR) is 87.1 cm³/mol. The second-order valence-corrected chi connectivity index (χ2v) is 6.40. The lowest BCUT2D eigenvalue weighted by molar-refractivity contribution is 0.527. The Kier molecular flexibility index (Phi) is 3.34. The fourth-order valence-electron chi connectivity index (χ4n) is 2.61. The minimum atomic E-state index is 0.0128. The highest BCUT2D eigenvalue weighted by Gasteiger charge is 2.21. The van der Waals surface area contributed by atoms with Gasteiger partial charge in [-0.05, 0) is 40.8 Å². The summed E-state index contributed by atoms with van der Waals surface area (Å²) in [7, 11) is 0. The highest BCUT2D eigenvalue weighted by Crippen LogP contribution is 2.36. The minimum Gasteiger partial charge on any atom is -0.459 e. The molecule has 2 heteroatoms. The first-order valence-electron chi connectivity index (χ1n) is 7.22. The highest BCUT2D eigenvalue weighted by molar-refractivity contribution is 5.87. The van der Waals surface area contributed by atoms with Gasteiger partial charge in [-0.1, -0.05) is 45.0 Å². The van der Waals surface area contributed by atoms with E-state index < -0.39 is 0 Å². The Morgan fingerprint density at radius 3 is 2.38 bits per heavy atom. The van der Waals surface area contributed by atoms with Crippen molar-refractivity contribution >= 4 is 11.0 Å². The molecular weight excluding hydrogens is 258 g/mol. The van der Waals surface area contributed by atoms with E-state index in [0.29, 0.717) is 6.54 Å². The maximum atomic E-state index is 5.93. The largest absolute Gasteiger partial charge is 0.459 e. The van der Waals surface area contributed by atoms with E-state index in [2.05, 4.69) is 51.1 Å². The van der Waals surface area contributed by atoms with Crippen molar-refractivity contribution in [2.75, 3.05) is 0 Å². The van der Waals surface area contributed by atoms with E-state index in [0.717, 1.165) is 16.7 Å². The quantitative estimate of drug-likeness (QED) is 0.740. The minimum absolute atomic E-state index is 0.0128. The topological polar surface area (TPSA) is 39.2 Å². The van der Waals surface area contributed by atoms with Crippen molar-refractivity contribution < 1.29 is 4.42 Å². The molecule has 1 aromatic heterocycles. The van der Waals surface area contributed by atoms with Gasteiger partial charge in [0.1, 0.15) is 11.3 Å². The van der Waals surface area contributed by atoms with Crippen LogP contribution in [0.1, 0.15) is 32.1 Å². The second-order valence-electron chi connectivity index (χ2n) is 6.40. The van der Waals surface area contributed by atoms with Gasteiger partial charge in [0, 0.05) is 10.9 Å². The number of furan rings is 1. The van der Waals surface area contributed by atoms with E-state index >= 15 is 0 Å². The molecule has 0 aliphatic rings. The molecule has 0 unspecified atom stereocenters. The molecule has 0 saturated carbocycles. The van der Waals surface area contributed by atoms with E-state index in [1.807, 2.05) is 18.2 Å². The molecule has 2 N–H and O–H groups in total. The third-order valence-electron chi connectivity index (χ3n) is 3.73. The summed E-state index contributed by atoms with van der Waals surface area (Å²) in [6.45, 7) is 7.03. The van der Waals surface area contributed by atoms with Crippen LogP contribution in [0.2, 0.25) is 0 Å². The third kappa shape index (κ3) is 2.59. The van der Waals surface area contributed by atoms with Crippen molar-refractivity contribution in [3.05, 3.63) is 59.9 Å². The Balaban J connectivity index is 2.29. The molecule has 0 aliphatic heterocycles. The maximum absolute atomic E-state index is 5.93. The molecule has 21 heavy (non-hydrogen) atoms. The molecular formula is C19H20NO. The number of hydrogen-bond acceptors (Lipinski definition) is 2. The van der Waals surface area contributed by atoms with Crippen LogP contribution in [0.5, 0.6) is 0 Å². The molecule has 0 fully saturated rings. The van der Waals surface area contributed by atoms with Gasteiger partial charge in [-0.15, -0.1) is 0 Å². The Labute approximate surface area is 125 Å². The first kappa shape index (κ1) is 13.9. The van der Waals surface area contributed by atoms with Crippen molar-refractivity contribution in [1.82, 2.24) is 0 Å². The molecule has 2 nitrogen and oxygen atoms in total. The van der Waals surface area contributed by atoms with E-state index in [1.165, 1.54) is 16.7 Å². The van der Waals surface area contributed by atoms with Crippen molar-refractivity contribution in [3.8, 4) is 11.1 Å². The zero-order valence-corrected chi connectivity index (χ0v) is 12.7. The van der Waals surface area contributed by atoms with Gasteiger partial charge >= 0.3 is 0 Å². The summed E-state index contributed by atoms with van der Waals surface area (Å²) >= 11 is 0.